The molecule has 1 fully saturated rings. The largest absolute Gasteiger partial charge is 0.378 e. The molecule has 0 aromatic heterocycles. The van der Waals surface area contributed by atoms with Crippen LogP contribution in [-0.2, 0) is 16.0 Å². The van der Waals surface area contributed by atoms with Crippen molar-refractivity contribution in [2.45, 2.75) is 38.8 Å². The number of amides is 1. The lowest BCUT2D eigenvalue weighted by molar-refractivity contribution is -0.122. The van der Waals surface area contributed by atoms with Gasteiger partial charge < -0.3 is 15.8 Å². The predicted octanol–water partition coefficient (Wildman–Crippen LogP) is 1.73. The molecule has 3 atom stereocenters. The van der Waals surface area contributed by atoms with Gasteiger partial charge in [0, 0.05) is 19.1 Å². The van der Waals surface area contributed by atoms with Gasteiger partial charge in [0.2, 0.25) is 5.91 Å². The summed E-state index contributed by atoms with van der Waals surface area (Å²) in [5, 5.41) is 2.99. The van der Waals surface area contributed by atoms with Crippen molar-refractivity contribution in [1.29, 1.82) is 0 Å². The average molecular weight is 290 g/mol. The zero-order chi connectivity index (χ0) is 15.2. The van der Waals surface area contributed by atoms with E-state index in [1.165, 1.54) is 0 Å². The summed E-state index contributed by atoms with van der Waals surface area (Å²) in [5.74, 6) is 0.804. The first-order valence-corrected chi connectivity index (χ1v) is 7.76. The Morgan fingerprint density at radius 1 is 1.38 bits per heavy atom. The van der Waals surface area contributed by atoms with Crippen molar-refractivity contribution in [2.75, 3.05) is 13.2 Å². The van der Waals surface area contributed by atoms with Gasteiger partial charge in [-0.25, -0.2) is 0 Å². The molecule has 0 saturated carbocycles. The monoisotopic (exact) mass is 290 g/mol. The van der Waals surface area contributed by atoms with E-state index in [0.717, 1.165) is 18.6 Å². The van der Waals surface area contributed by atoms with E-state index in [-0.39, 0.29) is 12.0 Å². The Bertz CT molecular complexity index is 447. The van der Waals surface area contributed by atoms with Gasteiger partial charge in [-0.1, -0.05) is 44.2 Å². The van der Waals surface area contributed by atoms with Crippen molar-refractivity contribution in [2.24, 2.45) is 17.6 Å². The lowest BCUT2D eigenvalue weighted by Gasteiger charge is -2.23. The second kappa shape index (κ2) is 7.57. The van der Waals surface area contributed by atoms with Crippen LogP contribution in [0, 0.1) is 11.8 Å². The van der Waals surface area contributed by atoms with Gasteiger partial charge in [0.25, 0.3) is 0 Å². The van der Waals surface area contributed by atoms with Gasteiger partial charge in [0.05, 0.1) is 12.1 Å². The fraction of sp³-hybridized carbons (Fsp3) is 0.588. The number of hydrogen-bond acceptors (Lipinski definition) is 3. The third-order valence-corrected chi connectivity index (χ3v) is 4.09. The summed E-state index contributed by atoms with van der Waals surface area (Å²) in [6.07, 6.45) is 1.83. The molecule has 1 heterocycles. The number of carbonyl (C=O) groups is 1. The molecule has 3 N–H and O–H groups in total. The summed E-state index contributed by atoms with van der Waals surface area (Å²) < 4.78 is 5.73. The smallest absolute Gasteiger partial charge is 0.237 e. The Kier molecular flexibility index (Phi) is 5.76. The second-order valence-corrected chi connectivity index (χ2v) is 6.17. The van der Waals surface area contributed by atoms with Crippen LogP contribution in [0.5, 0.6) is 0 Å². The molecule has 0 spiro atoms. The van der Waals surface area contributed by atoms with Crippen molar-refractivity contribution in [3.8, 4) is 0 Å². The highest BCUT2D eigenvalue weighted by Crippen LogP contribution is 2.26. The molecule has 1 aromatic rings. The molecule has 0 radical (unpaired) electrons. The van der Waals surface area contributed by atoms with Crippen molar-refractivity contribution >= 4 is 5.91 Å². The van der Waals surface area contributed by atoms with Gasteiger partial charge in [0.1, 0.15) is 0 Å². The van der Waals surface area contributed by atoms with Gasteiger partial charge in [-0.2, -0.15) is 0 Å². The van der Waals surface area contributed by atoms with Crippen LogP contribution >= 0.6 is 0 Å². The fourth-order valence-corrected chi connectivity index (χ4v) is 2.93. The number of nitrogens with two attached hydrogens (primary N) is 1. The van der Waals surface area contributed by atoms with Crippen LogP contribution in [0.4, 0.5) is 0 Å². The molecular formula is C17H26N2O2. The topological polar surface area (TPSA) is 64.3 Å². The summed E-state index contributed by atoms with van der Waals surface area (Å²) in [6, 6.07) is 9.37. The molecule has 0 aliphatic carbocycles. The maximum atomic E-state index is 12.1. The normalized spacial score (nSPS) is 23.2. The first-order valence-electron chi connectivity index (χ1n) is 7.76. The molecule has 1 aliphatic rings. The second-order valence-electron chi connectivity index (χ2n) is 6.17. The Hall–Kier alpha value is -1.39. The lowest BCUT2D eigenvalue weighted by Crippen LogP contribution is -2.44. The number of nitrogens with one attached hydrogen (secondary N) is 1. The number of hydrogen-bond donors (Lipinski definition) is 2. The van der Waals surface area contributed by atoms with Gasteiger partial charge in [-0.05, 0) is 24.3 Å². The average Bonchev–Trinajstić information content (AvgIpc) is 2.94. The summed E-state index contributed by atoms with van der Waals surface area (Å²) in [4.78, 5) is 12.1. The minimum absolute atomic E-state index is 0.0757. The molecular weight excluding hydrogens is 264 g/mol. The molecule has 1 aliphatic heterocycles. The van der Waals surface area contributed by atoms with Gasteiger partial charge in [-0.3, -0.25) is 4.79 Å². The highest BCUT2D eigenvalue weighted by molar-refractivity contribution is 5.81. The van der Waals surface area contributed by atoms with E-state index in [9.17, 15) is 4.79 Å². The van der Waals surface area contributed by atoms with Crippen molar-refractivity contribution in [3.63, 3.8) is 0 Å². The van der Waals surface area contributed by atoms with E-state index in [1.54, 1.807) is 0 Å². The standard InChI is InChI=1S/C17H26N2O2/c1-12(2)16-14(8-9-21-16)11-19-17(20)15(18)10-13-6-4-3-5-7-13/h3-7,12,14-16H,8-11,18H2,1-2H3,(H,19,20)/t14?,15-,16?/m0/s1. The zero-order valence-corrected chi connectivity index (χ0v) is 12.9. The van der Waals surface area contributed by atoms with E-state index in [0.29, 0.717) is 24.8 Å². The molecule has 1 amide bonds. The van der Waals surface area contributed by atoms with Crippen LogP contribution in [0.1, 0.15) is 25.8 Å². The van der Waals surface area contributed by atoms with Gasteiger partial charge >= 0.3 is 0 Å². The lowest BCUT2D eigenvalue weighted by atomic mass is 9.93. The quantitative estimate of drug-likeness (QED) is 0.838. The van der Waals surface area contributed by atoms with Crippen LogP contribution in [-0.4, -0.2) is 31.2 Å². The third-order valence-electron chi connectivity index (χ3n) is 4.09. The predicted molar refractivity (Wildman–Crippen MR) is 83.8 cm³/mol. The maximum absolute atomic E-state index is 12.1. The summed E-state index contributed by atoms with van der Waals surface area (Å²) in [5.41, 5.74) is 7.07. The Morgan fingerprint density at radius 3 is 2.76 bits per heavy atom. The van der Waals surface area contributed by atoms with Crippen LogP contribution in [0.25, 0.3) is 0 Å². The Labute approximate surface area is 127 Å². The molecule has 0 bridgehead atoms. The van der Waals surface area contributed by atoms with Crippen LogP contribution < -0.4 is 11.1 Å². The highest BCUT2D eigenvalue weighted by Gasteiger charge is 2.31. The summed E-state index contributed by atoms with van der Waals surface area (Å²) in [6.45, 7) is 5.77. The van der Waals surface area contributed by atoms with Gasteiger partial charge in [-0.15, -0.1) is 0 Å². The third kappa shape index (κ3) is 4.55. The SMILES string of the molecule is CC(C)C1OCCC1CNC(=O)[C@@H](N)Cc1ccccc1. The molecule has 1 saturated heterocycles. The first-order chi connectivity index (χ1) is 10.1. The van der Waals surface area contributed by atoms with Crippen LogP contribution in [0.3, 0.4) is 0 Å². The highest BCUT2D eigenvalue weighted by atomic mass is 16.5. The Morgan fingerprint density at radius 2 is 2.10 bits per heavy atom. The van der Waals surface area contributed by atoms with Crippen LogP contribution in [0.15, 0.2) is 30.3 Å². The molecule has 1 aromatic carbocycles. The number of benzene rings is 1. The van der Waals surface area contributed by atoms with Crippen LogP contribution in [0.2, 0.25) is 0 Å². The van der Waals surface area contributed by atoms with E-state index in [4.69, 9.17) is 10.5 Å². The fourth-order valence-electron chi connectivity index (χ4n) is 2.93. The molecule has 4 nitrogen and oxygen atoms in total. The molecule has 2 rings (SSSR count). The minimum Gasteiger partial charge on any atom is -0.378 e. The number of ether oxygens (including phenoxy) is 1. The van der Waals surface area contributed by atoms with Crippen molar-refractivity contribution in [1.82, 2.24) is 5.32 Å². The zero-order valence-electron chi connectivity index (χ0n) is 12.9. The minimum atomic E-state index is -0.493. The first kappa shape index (κ1) is 16.0. The van der Waals surface area contributed by atoms with Crippen molar-refractivity contribution < 1.29 is 9.53 Å². The van der Waals surface area contributed by atoms with E-state index < -0.39 is 6.04 Å². The van der Waals surface area contributed by atoms with E-state index >= 15 is 0 Å². The summed E-state index contributed by atoms with van der Waals surface area (Å²) >= 11 is 0. The van der Waals surface area contributed by atoms with Crippen molar-refractivity contribution in [3.05, 3.63) is 35.9 Å². The maximum Gasteiger partial charge on any atom is 0.237 e. The van der Waals surface area contributed by atoms with Gasteiger partial charge in [0.15, 0.2) is 0 Å². The molecule has 2 unspecified atom stereocenters. The Balaban J connectivity index is 1.79. The summed E-state index contributed by atoms with van der Waals surface area (Å²) in [7, 11) is 0. The number of rotatable bonds is 6. The van der Waals surface area contributed by atoms with E-state index in [1.807, 2.05) is 30.3 Å². The molecule has 4 heteroatoms. The number of carbonyl (C=O) groups excluding carboxylic acids is 1. The molecule has 21 heavy (non-hydrogen) atoms. The molecule has 116 valence electrons. The van der Waals surface area contributed by atoms with E-state index in [2.05, 4.69) is 19.2 Å².